The van der Waals surface area contributed by atoms with Crippen LogP contribution < -0.4 is 5.73 Å². The number of primary amides is 1. The number of nitrogens with one attached hydrogen (secondary N) is 1. The molecular weight excluding hydrogens is 188 g/mol. The molecule has 0 spiro atoms. The average Bonchev–Trinajstić information content (AvgIpc) is 2.65. The summed E-state index contributed by atoms with van der Waals surface area (Å²) in [6.07, 6.45) is 1.96. The average molecular weight is 198 g/mol. The maximum atomic E-state index is 10.5. The number of rotatable bonds is 1. The van der Waals surface area contributed by atoms with E-state index in [-0.39, 0.29) is 6.42 Å². The highest BCUT2D eigenvalue weighted by atomic mass is 16.1. The van der Waals surface area contributed by atoms with Gasteiger partial charge in [-0.15, -0.1) is 0 Å². The lowest BCUT2D eigenvalue weighted by Gasteiger charge is -1.92. The van der Waals surface area contributed by atoms with Gasteiger partial charge >= 0.3 is 0 Å². The summed E-state index contributed by atoms with van der Waals surface area (Å²) in [5.74, 6) is 5.28. The van der Waals surface area contributed by atoms with Crippen LogP contribution in [0.4, 0.5) is 0 Å². The number of aromatic amines is 1. The van der Waals surface area contributed by atoms with Gasteiger partial charge in [0, 0.05) is 22.7 Å². The van der Waals surface area contributed by atoms with Gasteiger partial charge in [-0.1, -0.05) is 17.9 Å². The highest BCUT2D eigenvalue weighted by Crippen LogP contribution is 2.15. The summed E-state index contributed by atoms with van der Waals surface area (Å²) in [4.78, 5) is 13.6. The molecule has 0 unspecified atom stereocenters. The van der Waals surface area contributed by atoms with Gasteiger partial charge in [0.2, 0.25) is 5.91 Å². The molecule has 1 aromatic carbocycles. The maximum Gasteiger partial charge on any atom is 0.229 e. The van der Waals surface area contributed by atoms with Crippen molar-refractivity contribution < 1.29 is 4.79 Å². The first-order valence-electron chi connectivity index (χ1n) is 4.60. The maximum absolute atomic E-state index is 10.5. The summed E-state index contributed by atoms with van der Waals surface area (Å²) < 4.78 is 0. The minimum Gasteiger partial charge on any atom is -0.369 e. The number of benzene rings is 1. The van der Waals surface area contributed by atoms with Gasteiger partial charge in [-0.05, 0) is 18.2 Å². The van der Waals surface area contributed by atoms with Gasteiger partial charge in [0.15, 0.2) is 0 Å². The molecule has 0 saturated carbocycles. The molecule has 74 valence electrons. The van der Waals surface area contributed by atoms with Gasteiger partial charge in [-0.3, -0.25) is 4.79 Å². The van der Waals surface area contributed by atoms with E-state index in [0.717, 1.165) is 16.5 Å². The summed E-state index contributed by atoms with van der Waals surface area (Å²) in [6.45, 7) is 0. The van der Waals surface area contributed by atoms with Gasteiger partial charge < -0.3 is 10.7 Å². The zero-order valence-electron chi connectivity index (χ0n) is 8.08. The zero-order valence-corrected chi connectivity index (χ0v) is 8.08. The molecule has 0 radical (unpaired) electrons. The molecule has 3 nitrogen and oxygen atoms in total. The molecule has 1 amide bonds. The van der Waals surface area contributed by atoms with Gasteiger partial charge in [0.25, 0.3) is 0 Å². The lowest BCUT2D eigenvalue weighted by Crippen LogP contribution is -2.08. The van der Waals surface area contributed by atoms with Crippen LogP contribution in [0.15, 0.2) is 30.5 Å². The molecule has 3 heteroatoms. The molecule has 0 atom stereocenters. The van der Waals surface area contributed by atoms with Gasteiger partial charge in [-0.25, -0.2) is 0 Å². The summed E-state index contributed by atoms with van der Waals surface area (Å²) in [6, 6.07) is 7.79. The second-order valence-corrected chi connectivity index (χ2v) is 3.19. The van der Waals surface area contributed by atoms with E-state index >= 15 is 0 Å². The van der Waals surface area contributed by atoms with Crippen LogP contribution in [0.3, 0.4) is 0 Å². The number of aromatic nitrogens is 1. The molecule has 2 aromatic rings. The van der Waals surface area contributed by atoms with Crippen LogP contribution in [0.1, 0.15) is 12.0 Å². The van der Waals surface area contributed by atoms with E-state index in [4.69, 9.17) is 5.73 Å². The number of nitrogens with two attached hydrogens (primary N) is 1. The first-order valence-corrected chi connectivity index (χ1v) is 4.60. The second kappa shape index (κ2) is 3.89. The van der Waals surface area contributed by atoms with Crippen molar-refractivity contribution >= 4 is 16.8 Å². The number of carbonyl (C=O) groups excluding carboxylic acids is 1. The van der Waals surface area contributed by atoms with Crippen LogP contribution in [0.2, 0.25) is 0 Å². The number of fused-ring (bicyclic) bond motifs is 1. The summed E-state index contributed by atoms with van der Waals surface area (Å²) in [5.41, 5.74) is 6.96. The number of hydrogen-bond donors (Lipinski definition) is 2. The minimum atomic E-state index is -0.399. The van der Waals surface area contributed by atoms with Crippen LogP contribution in [0.25, 0.3) is 10.9 Å². The van der Waals surface area contributed by atoms with Gasteiger partial charge in [0.1, 0.15) is 0 Å². The van der Waals surface area contributed by atoms with Crippen LogP contribution >= 0.6 is 0 Å². The van der Waals surface area contributed by atoms with E-state index in [0.29, 0.717) is 0 Å². The minimum absolute atomic E-state index is 0.0980. The molecule has 15 heavy (non-hydrogen) atoms. The van der Waals surface area contributed by atoms with Crippen LogP contribution in [0, 0.1) is 11.8 Å². The van der Waals surface area contributed by atoms with Crippen LogP contribution in [-0.4, -0.2) is 10.9 Å². The standard InChI is InChI=1S/C12H10N2O/c13-12(15)6-2-4-9-3-1-5-11-10(9)7-8-14-11/h1,3,5,7-8,14H,6H2,(H2,13,15). The lowest BCUT2D eigenvalue weighted by atomic mass is 10.1. The Morgan fingerprint density at radius 2 is 2.27 bits per heavy atom. The van der Waals surface area contributed by atoms with Gasteiger partial charge in [-0.2, -0.15) is 0 Å². The topological polar surface area (TPSA) is 58.9 Å². The molecule has 0 saturated heterocycles. The zero-order chi connectivity index (χ0) is 10.7. The molecule has 1 aromatic heterocycles. The Balaban J connectivity index is 2.37. The SMILES string of the molecule is NC(=O)CC#Cc1cccc2[nH]ccc12. The Bertz CT molecular complexity index is 557. The third-order valence-electron chi connectivity index (χ3n) is 2.08. The van der Waals surface area contributed by atoms with E-state index in [2.05, 4.69) is 16.8 Å². The smallest absolute Gasteiger partial charge is 0.229 e. The molecule has 0 aliphatic heterocycles. The molecule has 2 rings (SSSR count). The Labute approximate surface area is 87.3 Å². The fourth-order valence-corrected chi connectivity index (χ4v) is 1.42. The summed E-state index contributed by atoms with van der Waals surface area (Å²) >= 11 is 0. The number of H-pyrrole nitrogens is 1. The van der Waals surface area contributed by atoms with E-state index in [1.807, 2.05) is 30.5 Å². The number of amides is 1. The van der Waals surface area contributed by atoms with Crippen molar-refractivity contribution in [3.63, 3.8) is 0 Å². The van der Waals surface area contributed by atoms with E-state index < -0.39 is 5.91 Å². The summed E-state index contributed by atoms with van der Waals surface area (Å²) in [7, 11) is 0. The van der Waals surface area contributed by atoms with Crippen LogP contribution in [-0.2, 0) is 4.79 Å². The normalized spacial score (nSPS) is 9.60. The molecule has 0 bridgehead atoms. The van der Waals surface area contributed by atoms with Crippen molar-refractivity contribution in [2.75, 3.05) is 0 Å². The predicted octanol–water partition coefficient (Wildman–Crippen LogP) is 1.39. The van der Waals surface area contributed by atoms with Crippen molar-refractivity contribution in [2.24, 2.45) is 5.73 Å². The van der Waals surface area contributed by atoms with E-state index in [1.165, 1.54) is 0 Å². The predicted molar refractivity (Wildman–Crippen MR) is 59.0 cm³/mol. The van der Waals surface area contributed by atoms with Crippen LogP contribution in [0.5, 0.6) is 0 Å². The first-order chi connectivity index (χ1) is 7.27. The van der Waals surface area contributed by atoms with Gasteiger partial charge in [0.05, 0.1) is 6.42 Å². The molecule has 0 aliphatic rings. The second-order valence-electron chi connectivity index (χ2n) is 3.19. The molecule has 1 heterocycles. The van der Waals surface area contributed by atoms with E-state index in [9.17, 15) is 4.79 Å². The van der Waals surface area contributed by atoms with Crippen molar-refractivity contribution in [3.05, 3.63) is 36.0 Å². The lowest BCUT2D eigenvalue weighted by molar-refractivity contribution is -0.117. The van der Waals surface area contributed by atoms with Crippen molar-refractivity contribution in [1.82, 2.24) is 4.98 Å². The molecule has 0 aliphatic carbocycles. The summed E-state index contributed by atoms with van der Waals surface area (Å²) in [5, 5.41) is 1.06. The Morgan fingerprint density at radius 1 is 1.40 bits per heavy atom. The highest BCUT2D eigenvalue weighted by Gasteiger charge is 1.97. The number of hydrogen-bond acceptors (Lipinski definition) is 1. The quantitative estimate of drug-likeness (QED) is 0.668. The largest absolute Gasteiger partial charge is 0.369 e. The Morgan fingerprint density at radius 3 is 3.07 bits per heavy atom. The first kappa shape index (κ1) is 9.35. The van der Waals surface area contributed by atoms with Crippen molar-refractivity contribution in [2.45, 2.75) is 6.42 Å². The number of carbonyl (C=O) groups is 1. The molecular formula is C12H10N2O. The fourth-order valence-electron chi connectivity index (χ4n) is 1.42. The third-order valence-corrected chi connectivity index (χ3v) is 2.08. The molecule has 0 fully saturated rings. The Kier molecular flexibility index (Phi) is 2.42. The van der Waals surface area contributed by atoms with E-state index in [1.54, 1.807) is 0 Å². The van der Waals surface area contributed by atoms with Crippen molar-refractivity contribution in [1.29, 1.82) is 0 Å². The molecule has 3 N–H and O–H groups in total. The fraction of sp³-hybridized carbons (Fsp3) is 0.0833. The third kappa shape index (κ3) is 2.00. The van der Waals surface area contributed by atoms with Crippen molar-refractivity contribution in [3.8, 4) is 11.8 Å². The monoisotopic (exact) mass is 198 g/mol. The Hall–Kier alpha value is -2.21. The highest BCUT2D eigenvalue weighted by molar-refractivity contribution is 5.86.